The highest BCUT2D eigenvalue weighted by atomic mass is 32.2. The fourth-order valence-corrected chi connectivity index (χ4v) is 1.51. The first kappa shape index (κ1) is 14.0. The van der Waals surface area contributed by atoms with E-state index in [0.717, 1.165) is 5.56 Å². The molecular formula is C11H19NO2S. The lowest BCUT2D eigenvalue weighted by Gasteiger charge is -2.16. The average Bonchev–Trinajstić information content (AvgIpc) is 2.18. The molecule has 4 heteroatoms. The molecule has 1 aromatic carbocycles. The van der Waals surface area contributed by atoms with Crippen LogP contribution in [0.25, 0.3) is 0 Å². The highest BCUT2D eigenvalue weighted by Gasteiger charge is 2.10. The lowest BCUT2D eigenvalue weighted by Crippen LogP contribution is -2.24. The lowest BCUT2D eigenvalue weighted by atomic mass is 10.2. The second kappa shape index (κ2) is 5.75. The largest absolute Gasteiger partial charge is 0.274 e. The molecule has 0 saturated heterocycles. The highest BCUT2D eigenvalue weighted by molar-refractivity contribution is 7.92. The molecule has 0 unspecified atom stereocenters. The van der Waals surface area contributed by atoms with Gasteiger partial charge in [-0.25, -0.2) is 8.42 Å². The minimum Gasteiger partial charge on any atom is -0.274 e. The van der Waals surface area contributed by atoms with E-state index < -0.39 is 10.0 Å². The average molecular weight is 229 g/mol. The van der Waals surface area contributed by atoms with Crippen LogP contribution in [0.15, 0.2) is 24.3 Å². The summed E-state index contributed by atoms with van der Waals surface area (Å²) >= 11 is 0. The molecule has 86 valence electrons. The van der Waals surface area contributed by atoms with E-state index in [9.17, 15) is 8.42 Å². The molecule has 1 aromatic rings. The van der Waals surface area contributed by atoms with Crippen molar-refractivity contribution >= 4 is 15.7 Å². The number of aryl methyl sites for hydroxylation is 1. The van der Waals surface area contributed by atoms with Gasteiger partial charge in [-0.3, -0.25) is 4.31 Å². The van der Waals surface area contributed by atoms with Gasteiger partial charge in [0.25, 0.3) is 0 Å². The van der Waals surface area contributed by atoms with Crippen molar-refractivity contribution in [2.75, 3.05) is 17.6 Å². The molecule has 0 heterocycles. The van der Waals surface area contributed by atoms with E-state index in [1.54, 1.807) is 13.1 Å². The molecule has 0 aliphatic rings. The van der Waals surface area contributed by atoms with Crippen LogP contribution in [-0.2, 0) is 10.0 Å². The van der Waals surface area contributed by atoms with Gasteiger partial charge in [-0.1, -0.05) is 26.0 Å². The SMILES string of the molecule is CC.Cc1cccc(N(C)S(C)(=O)=O)c1. The Balaban J connectivity index is 0.000000921. The molecule has 0 aliphatic carbocycles. The van der Waals surface area contributed by atoms with Crippen molar-refractivity contribution in [2.24, 2.45) is 0 Å². The molecule has 0 atom stereocenters. The first-order valence-corrected chi connectivity index (χ1v) is 6.76. The van der Waals surface area contributed by atoms with Crippen LogP contribution >= 0.6 is 0 Å². The van der Waals surface area contributed by atoms with Gasteiger partial charge in [-0.15, -0.1) is 0 Å². The Bertz CT molecular complexity index is 399. The van der Waals surface area contributed by atoms with Gasteiger partial charge in [-0.2, -0.15) is 0 Å². The van der Waals surface area contributed by atoms with Gasteiger partial charge in [0, 0.05) is 7.05 Å². The molecule has 0 spiro atoms. The third-order valence-electron chi connectivity index (χ3n) is 1.86. The van der Waals surface area contributed by atoms with Gasteiger partial charge in [0.05, 0.1) is 11.9 Å². The van der Waals surface area contributed by atoms with E-state index in [4.69, 9.17) is 0 Å². The van der Waals surface area contributed by atoms with E-state index in [2.05, 4.69) is 0 Å². The summed E-state index contributed by atoms with van der Waals surface area (Å²) in [7, 11) is -1.59. The third-order valence-corrected chi connectivity index (χ3v) is 3.07. The maximum atomic E-state index is 11.2. The summed E-state index contributed by atoms with van der Waals surface area (Å²) in [5, 5.41) is 0. The minimum atomic E-state index is -3.14. The number of benzene rings is 1. The molecule has 0 radical (unpaired) electrons. The summed E-state index contributed by atoms with van der Waals surface area (Å²) in [6.07, 6.45) is 1.19. The van der Waals surface area contributed by atoms with Crippen molar-refractivity contribution < 1.29 is 8.42 Å². The molecule has 3 nitrogen and oxygen atoms in total. The van der Waals surface area contributed by atoms with Crippen LogP contribution in [0.3, 0.4) is 0 Å². The quantitative estimate of drug-likeness (QED) is 0.781. The van der Waals surface area contributed by atoms with Crippen LogP contribution in [0, 0.1) is 6.92 Å². The Morgan fingerprint density at radius 3 is 2.13 bits per heavy atom. The van der Waals surface area contributed by atoms with Crippen molar-refractivity contribution in [3.8, 4) is 0 Å². The molecule has 0 aliphatic heterocycles. The second-order valence-corrected chi connectivity index (χ2v) is 5.08. The van der Waals surface area contributed by atoms with Crippen molar-refractivity contribution in [2.45, 2.75) is 20.8 Å². The molecule has 0 saturated carbocycles. The summed E-state index contributed by atoms with van der Waals surface area (Å²) in [6, 6.07) is 7.38. The highest BCUT2D eigenvalue weighted by Crippen LogP contribution is 2.16. The van der Waals surface area contributed by atoms with Crippen molar-refractivity contribution in [1.82, 2.24) is 0 Å². The van der Waals surface area contributed by atoms with E-state index in [0.29, 0.717) is 5.69 Å². The molecule has 15 heavy (non-hydrogen) atoms. The zero-order valence-corrected chi connectivity index (χ0v) is 10.8. The van der Waals surface area contributed by atoms with Gasteiger partial charge < -0.3 is 0 Å². The topological polar surface area (TPSA) is 37.4 Å². The summed E-state index contributed by atoms with van der Waals surface area (Å²) < 4.78 is 23.6. The standard InChI is InChI=1S/C9H13NO2S.C2H6/c1-8-5-4-6-9(7-8)10(2)13(3,11)12;1-2/h4-7H,1-3H3;1-2H3. The van der Waals surface area contributed by atoms with Crippen molar-refractivity contribution in [3.05, 3.63) is 29.8 Å². The maximum Gasteiger partial charge on any atom is 0.231 e. The van der Waals surface area contributed by atoms with E-state index in [1.807, 2.05) is 39.0 Å². The van der Waals surface area contributed by atoms with Crippen LogP contribution in [0.1, 0.15) is 19.4 Å². The Morgan fingerprint density at radius 1 is 1.20 bits per heavy atom. The Labute approximate surface area is 92.8 Å². The number of hydrogen-bond acceptors (Lipinski definition) is 2. The smallest absolute Gasteiger partial charge is 0.231 e. The number of nitrogens with zero attached hydrogens (tertiary/aromatic N) is 1. The van der Waals surface area contributed by atoms with Crippen LogP contribution in [0.5, 0.6) is 0 Å². The maximum absolute atomic E-state index is 11.2. The predicted molar refractivity (Wildman–Crippen MR) is 65.8 cm³/mol. The zero-order valence-electron chi connectivity index (χ0n) is 9.98. The van der Waals surface area contributed by atoms with Crippen LogP contribution in [0.4, 0.5) is 5.69 Å². The normalized spacial score (nSPS) is 10.2. The fraction of sp³-hybridized carbons (Fsp3) is 0.455. The number of anilines is 1. The van der Waals surface area contributed by atoms with Gasteiger partial charge in [0.2, 0.25) is 10.0 Å². The Kier molecular flexibility index (Phi) is 5.36. The molecule has 0 fully saturated rings. The predicted octanol–water partition coefficient (Wildman–Crippen LogP) is 2.42. The van der Waals surface area contributed by atoms with E-state index >= 15 is 0 Å². The molecular weight excluding hydrogens is 210 g/mol. The zero-order chi connectivity index (χ0) is 12.1. The molecule has 0 aromatic heterocycles. The van der Waals surface area contributed by atoms with Gasteiger partial charge in [0.1, 0.15) is 0 Å². The van der Waals surface area contributed by atoms with Gasteiger partial charge in [-0.05, 0) is 24.6 Å². The number of hydrogen-bond donors (Lipinski definition) is 0. The third kappa shape index (κ3) is 4.34. The Hall–Kier alpha value is -1.03. The fourth-order valence-electron chi connectivity index (χ4n) is 1.02. The van der Waals surface area contributed by atoms with Gasteiger partial charge >= 0.3 is 0 Å². The first-order chi connectivity index (χ1) is 6.91. The summed E-state index contributed by atoms with van der Waals surface area (Å²) in [4.78, 5) is 0. The van der Waals surface area contributed by atoms with Crippen molar-refractivity contribution in [1.29, 1.82) is 0 Å². The minimum absolute atomic E-state index is 0.697. The monoisotopic (exact) mass is 229 g/mol. The molecule has 1 rings (SSSR count). The first-order valence-electron chi connectivity index (χ1n) is 4.92. The van der Waals surface area contributed by atoms with E-state index in [1.165, 1.54) is 10.6 Å². The van der Waals surface area contributed by atoms with Crippen LogP contribution in [0.2, 0.25) is 0 Å². The summed E-state index contributed by atoms with van der Waals surface area (Å²) in [5.41, 5.74) is 1.75. The number of rotatable bonds is 2. The molecule has 0 bridgehead atoms. The molecule has 0 amide bonds. The summed E-state index contributed by atoms with van der Waals surface area (Å²) in [6.45, 7) is 5.93. The van der Waals surface area contributed by atoms with Crippen molar-refractivity contribution in [3.63, 3.8) is 0 Å². The summed E-state index contributed by atoms with van der Waals surface area (Å²) in [5.74, 6) is 0. The second-order valence-electron chi connectivity index (χ2n) is 3.07. The van der Waals surface area contributed by atoms with Gasteiger partial charge in [0.15, 0.2) is 0 Å². The lowest BCUT2D eigenvalue weighted by molar-refractivity contribution is 0.600. The number of sulfonamides is 1. The van der Waals surface area contributed by atoms with Crippen LogP contribution in [-0.4, -0.2) is 21.7 Å². The Morgan fingerprint density at radius 2 is 1.73 bits per heavy atom. The van der Waals surface area contributed by atoms with E-state index in [-0.39, 0.29) is 0 Å². The van der Waals surface area contributed by atoms with Crippen LogP contribution < -0.4 is 4.31 Å². The molecule has 0 N–H and O–H groups in total.